The van der Waals surface area contributed by atoms with Crippen LogP contribution in [-0.2, 0) is 0 Å². The van der Waals surface area contributed by atoms with Gasteiger partial charge in [0.2, 0.25) is 0 Å². The lowest BCUT2D eigenvalue weighted by molar-refractivity contribution is -0.860. The highest BCUT2D eigenvalue weighted by Crippen LogP contribution is 2.13. The fourth-order valence-electron chi connectivity index (χ4n) is 2.27. The van der Waals surface area contributed by atoms with Gasteiger partial charge in [0.25, 0.3) is 5.91 Å². The Balaban J connectivity index is 2.21. The maximum atomic E-state index is 13.2. The summed E-state index contributed by atoms with van der Waals surface area (Å²) in [7, 11) is 3.95. The summed E-state index contributed by atoms with van der Waals surface area (Å²) in [6, 6.07) is 12.1. The molecule has 0 radical (unpaired) electrons. The van der Waals surface area contributed by atoms with Gasteiger partial charge in [0, 0.05) is 11.6 Å². The number of quaternary nitrogens is 1. The Morgan fingerprint density at radius 2 is 1.68 bits per heavy atom. The van der Waals surface area contributed by atoms with E-state index in [9.17, 15) is 13.6 Å². The number of halogens is 2. The van der Waals surface area contributed by atoms with Crippen molar-refractivity contribution in [3.63, 3.8) is 0 Å². The normalized spacial score (nSPS) is 12.2. The highest BCUT2D eigenvalue weighted by Gasteiger charge is 2.19. The first-order chi connectivity index (χ1) is 10.5. The van der Waals surface area contributed by atoms with Crippen molar-refractivity contribution in [3.8, 4) is 0 Å². The van der Waals surface area contributed by atoms with Crippen LogP contribution in [-0.4, -0.2) is 26.5 Å². The predicted molar refractivity (Wildman–Crippen MR) is 80.7 cm³/mol. The minimum absolute atomic E-state index is 0.0211. The number of carbonyl (C=O) groups excluding carboxylic acids is 1. The van der Waals surface area contributed by atoms with Gasteiger partial charge < -0.3 is 10.2 Å². The molecule has 22 heavy (non-hydrogen) atoms. The van der Waals surface area contributed by atoms with Crippen molar-refractivity contribution in [2.75, 3.05) is 20.6 Å². The minimum atomic E-state index is -0.764. The van der Waals surface area contributed by atoms with Crippen LogP contribution in [0.3, 0.4) is 0 Å². The van der Waals surface area contributed by atoms with E-state index in [0.29, 0.717) is 6.54 Å². The van der Waals surface area contributed by atoms with E-state index in [2.05, 4.69) is 5.32 Å². The molecule has 0 aliphatic rings. The zero-order valence-corrected chi connectivity index (χ0v) is 12.6. The van der Waals surface area contributed by atoms with E-state index in [0.717, 1.165) is 28.7 Å². The van der Waals surface area contributed by atoms with Gasteiger partial charge in [0.05, 0.1) is 14.1 Å². The molecule has 0 aromatic heterocycles. The molecule has 0 fully saturated rings. The van der Waals surface area contributed by atoms with Crippen LogP contribution in [0.2, 0.25) is 0 Å². The van der Waals surface area contributed by atoms with Crippen molar-refractivity contribution in [3.05, 3.63) is 71.3 Å². The highest BCUT2D eigenvalue weighted by atomic mass is 19.1. The lowest BCUT2D eigenvalue weighted by Gasteiger charge is -2.21. The van der Waals surface area contributed by atoms with Crippen molar-refractivity contribution in [2.24, 2.45) is 0 Å². The third-order valence-electron chi connectivity index (χ3n) is 3.24. The Morgan fingerprint density at radius 1 is 1.09 bits per heavy atom. The third-order valence-corrected chi connectivity index (χ3v) is 3.24. The predicted octanol–water partition coefficient (Wildman–Crippen LogP) is 1.58. The van der Waals surface area contributed by atoms with Crippen LogP contribution in [0.4, 0.5) is 8.78 Å². The number of rotatable bonds is 5. The molecular formula is C17H19F2N2O+. The molecule has 1 amide bonds. The van der Waals surface area contributed by atoms with Gasteiger partial charge in [-0.1, -0.05) is 30.3 Å². The van der Waals surface area contributed by atoms with Crippen LogP contribution in [0.5, 0.6) is 0 Å². The zero-order valence-electron chi connectivity index (χ0n) is 12.6. The molecule has 0 saturated heterocycles. The summed E-state index contributed by atoms with van der Waals surface area (Å²) in [6.07, 6.45) is 0. The van der Waals surface area contributed by atoms with E-state index in [4.69, 9.17) is 0 Å². The monoisotopic (exact) mass is 305 g/mol. The topological polar surface area (TPSA) is 33.5 Å². The maximum Gasteiger partial charge on any atom is 0.252 e. The second kappa shape index (κ2) is 7.13. The van der Waals surface area contributed by atoms with E-state index in [1.807, 2.05) is 44.4 Å². The molecule has 2 rings (SSSR count). The molecule has 5 heteroatoms. The van der Waals surface area contributed by atoms with Crippen LogP contribution < -0.4 is 10.2 Å². The molecule has 0 heterocycles. The first-order valence-corrected chi connectivity index (χ1v) is 7.06. The molecule has 1 atom stereocenters. The largest absolute Gasteiger partial charge is 0.340 e. The van der Waals surface area contributed by atoms with Gasteiger partial charge in [-0.25, -0.2) is 8.78 Å². The Labute approximate surface area is 128 Å². The molecule has 2 N–H and O–H groups in total. The molecular weight excluding hydrogens is 286 g/mol. The van der Waals surface area contributed by atoms with Crippen LogP contribution in [0, 0.1) is 11.6 Å². The third kappa shape index (κ3) is 4.36. The molecule has 0 unspecified atom stereocenters. The summed E-state index contributed by atoms with van der Waals surface area (Å²) in [5.74, 6) is -2.02. The number of hydrogen-bond acceptors (Lipinski definition) is 1. The summed E-state index contributed by atoms with van der Waals surface area (Å²) >= 11 is 0. The van der Waals surface area contributed by atoms with Crippen molar-refractivity contribution >= 4 is 5.91 Å². The smallest absolute Gasteiger partial charge is 0.252 e. The molecule has 0 spiro atoms. The van der Waals surface area contributed by atoms with Crippen molar-refractivity contribution in [2.45, 2.75) is 6.04 Å². The van der Waals surface area contributed by atoms with E-state index >= 15 is 0 Å². The van der Waals surface area contributed by atoms with E-state index < -0.39 is 17.5 Å². The molecule has 2 aromatic carbocycles. The number of nitrogens with one attached hydrogen (secondary N) is 2. The Bertz CT molecular complexity index is 624. The standard InChI is InChI=1S/C17H18F2N2O/c1-21(2)11-16(12-6-4-3-5-7-12)20-17(22)13-8-14(18)10-15(19)9-13/h3-10,16H,11H2,1-2H3,(H,20,22)/p+1/t16-/m0/s1. The van der Waals surface area contributed by atoms with Crippen LogP contribution in [0.25, 0.3) is 0 Å². The van der Waals surface area contributed by atoms with Gasteiger partial charge in [-0.2, -0.15) is 0 Å². The summed E-state index contributed by atoms with van der Waals surface area (Å²) < 4.78 is 26.5. The van der Waals surface area contributed by atoms with Crippen molar-refractivity contribution in [1.29, 1.82) is 0 Å². The zero-order chi connectivity index (χ0) is 16.1. The van der Waals surface area contributed by atoms with Gasteiger partial charge in [0.1, 0.15) is 24.2 Å². The Morgan fingerprint density at radius 3 is 2.23 bits per heavy atom. The average molecular weight is 305 g/mol. The SMILES string of the molecule is C[NH+](C)C[C@H](NC(=O)c1cc(F)cc(F)c1)c1ccccc1. The highest BCUT2D eigenvalue weighted by molar-refractivity contribution is 5.94. The molecule has 0 aliphatic carbocycles. The maximum absolute atomic E-state index is 13.2. The second-order valence-corrected chi connectivity index (χ2v) is 5.51. The second-order valence-electron chi connectivity index (χ2n) is 5.51. The quantitative estimate of drug-likeness (QED) is 0.864. The van der Waals surface area contributed by atoms with Gasteiger partial charge in [-0.3, -0.25) is 4.79 Å². The van der Waals surface area contributed by atoms with Gasteiger partial charge in [-0.05, 0) is 17.7 Å². The molecule has 0 saturated carbocycles. The minimum Gasteiger partial charge on any atom is -0.340 e. The van der Waals surface area contributed by atoms with Crippen LogP contribution >= 0.6 is 0 Å². The molecule has 2 aromatic rings. The number of carbonyl (C=O) groups is 1. The molecule has 0 bridgehead atoms. The Hall–Kier alpha value is -2.27. The number of likely N-dealkylation sites (N-methyl/N-ethyl adjacent to an activating group) is 1. The summed E-state index contributed by atoms with van der Waals surface area (Å²) in [6.45, 7) is 0.660. The number of amides is 1. The van der Waals surface area contributed by atoms with Crippen LogP contribution in [0.1, 0.15) is 22.0 Å². The van der Waals surface area contributed by atoms with Crippen molar-refractivity contribution < 1.29 is 18.5 Å². The summed E-state index contributed by atoms with van der Waals surface area (Å²) in [4.78, 5) is 13.4. The molecule has 116 valence electrons. The lowest BCUT2D eigenvalue weighted by atomic mass is 10.1. The van der Waals surface area contributed by atoms with Gasteiger partial charge >= 0.3 is 0 Å². The Kier molecular flexibility index (Phi) is 5.22. The van der Waals surface area contributed by atoms with Gasteiger partial charge in [-0.15, -0.1) is 0 Å². The number of hydrogen-bond donors (Lipinski definition) is 2. The van der Waals surface area contributed by atoms with E-state index in [1.165, 1.54) is 0 Å². The van der Waals surface area contributed by atoms with Gasteiger partial charge in [0.15, 0.2) is 0 Å². The molecule has 3 nitrogen and oxygen atoms in total. The van der Waals surface area contributed by atoms with E-state index in [1.54, 1.807) is 0 Å². The fraction of sp³-hybridized carbons (Fsp3) is 0.235. The lowest BCUT2D eigenvalue weighted by Crippen LogP contribution is -3.06. The van der Waals surface area contributed by atoms with E-state index in [-0.39, 0.29) is 11.6 Å². The van der Waals surface area contributed by atoms with Crippen molar-refractivity contribution in [1.82, 2.24) is 5.32 Å². The first-order valence-electron chi connectivity index (χ1n) is 7.06. The first kappa shape index (κ1) is 16.1. The fourth-order valence-corrected chi connectivity index (χ4v) is 2.27. The summed E-state index contributed by atoms with van der Waals surface area (Å²) in [5.41, 5.74) is 0.932. The number of benzene rings is 2. The average Bonchev–Trinajstić information content (AvgIpc) is 2.46. The summed E-state index contributed by atoms with van der Waals surface area (Å²) in [5, 5.41) is 2.84. The molecule has 0 aliphatic heterocycles. The van der Waals surface area contributed by atoms with Crippen LogP contribution in [0.15, 0.2) is 48.5 Å².